The molecule has 19 heavy (non-hydrogen) atoms. The highest BCUT2D eigenvalue weighted by Crippen LogP contribution is 2.39. The lowest BCUT2D eigenvalue weighted by Gasteiger charge is -2.39. The molecule has 0 aromatic heterocycles. The molecule has 2 aliphatic carbocycles. The SMILES string of the molecule is CC1(CNC(=O)NC2(CC(=O)O)CCCC2)CCC1. The first-order valence-corrected chi connectivity index (χ1v) is 7.21. The van der Waals surface area contributed by atoms with E-state index in [1.807, 2.05) is 0 Å². The molecule has 2 saturated carbocycles. The van der Waals surface area contributed by atoms with Crippen molar-refractivity contribution in [2.75, 3.05) is 6.54 Å². The van der Waals surface area contributed by atoms with Crippen LogP contribution in [0.3, 0.4) is 0 Å². The van der Waals surface area contributed by atoms with Crippen LogP contribution in [0, 0.1) is 5.41 Å². The van der Waals surface area contributed by atoms with Gasteiger partial charge in [0, 0.05) is 6.54 Å². The van der Waals surface area contributed by atoms with Crippen LogP contribution in [0.15, 0.2) is 0 Å². The zero-order valence-electron chi connectivity index (χ0n) is 11.6. The lowest BCUT2D eigenvalue weighted by atomic mass is 9.70. The van der Waals surface area contributed by atoms with Gasteiger partial charge in [-0.15, -0.1) is 0 Å². The fraction of sp³-hybridized carbons (Fsp3) is 0.857. The second-order valence-electron chi connectivity index (χ2n) is 6.53. The minimum atomic E-state index is -0.840. The number of urea groups is 1. The maximum atomic E-state index is 12.0. The molecule has 2 fully saturated rings. The van der Waals surface area contributed by atoms with Gasteiger partial charge in [-0.1, -0.05) is 26.2 Å². The van der Waals surface area contributed by atoms with E-state index in [9.17, 15) is 9.59 Å². The highest BCUT2D eigenvalue weighted by Gasteiger charge is 2.38. The minimum Gasteiger partial charge on any atom is -0.481 e. The lowest BCUT2D eigenvalue weighted by molar-refractivity contribution is -0.138. The van der Waals surface area contributed by atoms with E-state index in [1.165, 1.54) is 6.42 Å². The Hall–Kier alpha value is -1.26. The molecule has 0 radical (unpaired) electrons. The van der Waals surface area contributed by atoms with Crippen LogP contribution < -0.4 is 10.6 Å². The zero-order chi connectivity index (χ0) is 13.9. The van der Waals surface area contributed by atoms with Gasteiger partial charge in [0.15, 0.2) is 0 Å². The summed E-state index contributed by atoms with van der Waals surface area (Å²) in [4.78, 5) is 22.9. The third-order valence-corrected chi connectivity index (χ3v) is 4.67. The van der Waals surface area contributed by atoms with E-state index >= 15 is 0 Å². The summed E-state index contributed by atoms with van der Waals surface area (Å²) in [7, 11) is 0. The Morgan fingerprint density at radius 3 is 2.21 bits per heavy atom. The topological polar surface area (TPSA) is 78.4 Å². The molecule has 0 aliphatic heterocycles. The molecule has 2 aliphatic rings. The van der Waals surface area contributed by atoms with E-state index in [2.05, 4.69) is 17.6 Å². The zero-order valence-corrected chi connectivity index (χ0v) is 11.6. The number of carbonyl (C=O) groups is 2. The van der Waals surface area contributed by atoms with Gasteiger partial charge in [0.25, 0.3) is 0 Å². The Morgan fingerprint density at radius 1 is 1.11 bits per heavy atom. The number of amides is 2. The van der Waals surface area contributed by atoms with E-state index in [4.69, 9.17) is 5.11 Å². The van der Waals surface area contributed by atoms with E-state index in [1.54, 1.807) is 0 Å². The van der Waals surface area contributed by atoms with Crippen molar-refractivity contribution in [1.82, 2.24) is 10.6 Å². The first-order valence-electron chi connectivity index (χ1n) is 7.21. The van der Waals surface area contributed by atoms with Crippen LogP contribution in [0.1, 0.15) is 58.3 Å². The first-order chi connectivity index (χ1) is 8.93. The summed E-state index contributed by atoms with van der Waals surface area (Å²) < 4.78 is 0. The summed E-state index contributed by atoms with van der Waals surface area (Å²) in [5.74, 6) is -0.840. The molecule has 0 unspecified atom stereocenters. The molecule has 3 N–H and O–H groups in total. The number of hydrogen-bond acceptors (Lipinski definition) is 2. The Morgan fingerprint density at radius 2 is 1.74 bits per heavy atom. The number of nitrogens with one attached hydrogen (secondary N) is 2. The van der Waals surface area contributed by atoms with Gasteiger partial charge < -0.3 is 15.7 Å². The van der Waals surface area contributed by atoms with Crippen molar-refractivity contribution in [2.24, 2.45) is 5.41 Å². The molecular weight excluding hydrogens is 244 g/mol. The molecule has 5 nitrogen and oxygen atoms in total. The third kappa shape index (κ3) is 3.61. The van der Waals surface area contributed by atoms with Gasteiger partial charge in [0.2, 0.25) is 0 Å². The Bertz CT molecular complexity index is 358. The number of rotatable bonds is 5. The van der Waals surface area contributed by atoms with Gasteiger partial charge in [-0.25, -0.2) is 4.79 Å². The van der Waals surface area contributed by atoms with Crippen LogP contribution in [-0.4, -0.2) is 29.2 Å². The number of carbonyl (C=O) groups excluding carboxylic acids is 1. The quantitative estimate of drug-likeness (QED) is 0.715. The largest absolute Gasteiger partial charge is 0.481 e. The predicted molar refractivity (Wildman–Crippen MR) is 71.9 cm³/mol. The summed E-state index contributed by atoms with van der Waals surface area (Å²) in [5, 5.41) is 14.8. The lowest BCUT2D eigenvalue weighted by Crippen LogP contribution is -2.53. The second kappa shape index (κ2) is 5.39. The molecule has 5 heteroatoms. The fourth-order valence-corrected chi connectivity index (χ4v) is 3.22. The molecule has 2 rings (SSSR count). The fourth-order valence-electron chi connectivity index (χ4n) is 3.22. The van der Waals surface area contributed by atoms with Crippen LogP contribution in [0.25, 0.3) is 0 Å². The second-order valence-corrected chi connectivity index (χ2v) is 6.53. The monoisotopic (exact) mass is 268 g/mol. The number of aliphatic carboxylic acids is 1. The molecule has 0 aromatic rings. The summed E-state index contributed by atoms with van der Waals surface area (Å²) in [6.07, 6.45) is 7.10. The maximum absolute atomic E-state index is 12.0. The van der Waals surface area contributed by atoms with Crippen molar-refractivity contribution in [3.63, 3.8) is 0 Å². The van der Waals surface area contributed by atoms with Gasteiger partial charge in [0.05, 0.1) is 12.0 Å². The van der Waals surface area contributed by atoms with Crippen molar-refractivity contribution in [2.45, 2.75) is 63.8 Å². The Balaban J connectivity index is 1.83. The van der Waals surface area contributed by atoms with Crippen LogP contribution >= 0.6 is 0 Å². The van der Waals surface area contributed by atoms with Gasteiger partial charge >= 0.3 is 12.0 Å². The minimum absolute atomic E-state index is 0.0255. The predicted octanol–water partition coefficient (Wildman–Crippen LogP) is 2.26. The van der Waals surface area contributed by atoms with E-state index in [-0.39, 0.29) is 17.9 Å². The van der Waals surface area contributed by atoms with Crippen LogP contribution in [-0.2, 0) is 4.79 Å². The molecule has 0 heterocycles. The Kier molecular flexibility index (Phi) is 4.02. The van der Waals surface area contributed by atoms with Crippen molar-refractivity contribution in [3.8, 4) is 0 Å². The smallest absolute Gasteiger partial charge is 0.315 e. The Labute approximate surface area is 114 Å². The van der Waals surface area contributed by atoms with Gasteiger partial charge in [-0.3, -0.25) is 4.79 Å². The molecule has 0 spiro atoms. The van der Waals surface area contributed by atoms with Crippen LogP contribution in [0.4, 0.5) is 4.79 Å². The van der Waals surface area contributed by atoms with Crippen molar-refractivity contribution in [1.29, 1.82) is 0 Å². The van der Waals surface area contributed by atoms with Crippen molar-refractivity contribution >= 4 is 12.0 Å². The molecule has 2 amide bonds. The summed E-state index contributed by atoms with van der Waals surface area (Å²) in [5.41, 5.74) is -0.288. The van der Waals surface area contributed by atoms with Crippen LogP contribution in [0.5, 0.6) is 0 Å². The highest BCUT2D eigenvalue weighted by molar-refractivity contribution is 5.76. The number of carboxylic acids is 1. The van der Waals surface area contributed by atoms with Gasteiger partial charge in [-0.2, -0.15) is 0 Å². The van der Waals surface area contributed by atoms with Gasteiger partial charge in [-0.05, 0) is 31.1 Å². The average molecular weight is 268 g/mol. The van der Waals surface area contributed by atoms with Crippen molar-refractivity contribution in [3.05, 3.63) is 0 Å². The third-order valence-electron chi connectivity index (χ3n) is 4.67. The number of carboxylic acid groups (broad SMARTS) is 1. The first kappa shape index (κ1) is 14.2. The van der Waals surface area contributed by atoms with Gasteiger partial charge in [0.1, 0.15) is 0 Å². The normalized spacial score (nSPS) is 23.4. The standard InChI is InChI=1S/C14H24N2O3/c1-13(5-4-6-13)10-15-12(19)16-14(9-11(17)18)7-2-3-8-14/h2-10H2,1H3,(H,17,18)(H2,15,16,19). The maximum Gasteiger partial charge on any atom is 0.315 e. The average Bonchev–Trinajstić information content (AvgIpc) is 2.71. The highest BCUT2D eigenvalue weighted by atomic mass is 16.4. The van der Waals surface area contributed by atoms with Crippen molar-refractivity contribution < 1.29 is 14.7 Å². The summed E-state index contributed by atoms with van der Waals surface area (Å²) in [6.45, 7) is 2.86. The molecule has 0 bridgehead atoms. The molecule has 0 aromatic carbocycles. The molecule has 108 valence electrons. The van der Waals surface area contributed by atoms with E-state index in [0.717, 1.165) is 38.5 Å². The van der Waals surface area contributed by atoms with Crippen LogP contribution in [0.2, 0.25) is 0 Å². The van der Waals surface area contributed by atoms with E-state index < -0.39 is 11.5 Å². The summed E-state index contributed by atoms with van der Waals surface area (Å²) >= 11 is 0. The number of hydrogen-bond donors (Lipinski definition) is 3. The molecule has 0 atom stereocenters. The molecule has 0 saturated heterocycles. The summed E-state index contributed by atoms with van der Waals surface area (Å²) in [6, 6.07) is -0.212. The van der Waals surface area contributed by atoms with E-state index in [0.29, 0.717) is 6.54 Å². The molecular formula is C14H24N2O3.